The van der Waals surface area contributed by atoms with Gasteiger partial charge < -0.3 is 10.6 Å². The molecule has 0 aliphatic carbocycles. The third-order valence-corrected chi connectivity index (χ3v) is 6.36. The quantitative estimate of drug-likeness (QED) is 0.371. The van der Waals surface area contributed by atoms with Crippen molar-refractivity contribution in [3.05, 3.63) is 0 Å². The Hall–Kier alpha value is -0.0900. The first-order valence-corrected chi connectivity index (χ1v) is 9.75. The number of hydrogen-bond acceptors (Lipinski definition) is 4. The second kappa shape index (κ2) is 9.27. The molecule has 0 spiro atoms. The lowest BCUT2D eigenvalue weighted by atomic mass is 10.1. The number of likely N-dealkylation sites (N-methyl/N-ethyl adjacent to an activating group) is 1. The molecular formula is C14H29IN4O2S. The van der Waals surface area contributed by atoms with Crippen molar-refractivity contribution in [3.8, 4) is 0 Å². The zero-order valence-electron chi connectivity index (χ0n) is 13.5. The summed E-state index contributed by atoms with van der Waals surface area (Å²) in [5, 5.41) is 6.63. The van der Waals surface area contributed by atoms with Gasteiger partial charge in [0.05, 0.1) is 11.5 Å². The number of likely N-dealkylation sites (tertiary alicyclic amines) is 1. The highest BCUT2D eigenvalue weighted by Gasteiger charge is 2.28. The molecule has 0 saturated carbocycles. The minimum Gasteiger partial charge on any atom is -0.356 e. The maximum Gasteiger partial charge on any atom is 0.191 e. The van der Waals surface area contributed by atoms with Gasteiger partial charge in [-0.3, -0.25) is 9.89 Å². The highest BCUT2D eigenvalue weighted by Crippen LogP contribution is 2.17. The lowest BCUT2D eigenvalue weighted by Crippen LogP contribution is -2.45. The van der Waals surface area contributed by atoms with Crippen LogP contribution in [-0.4, -0.2) is 70.1 Å². The molecule has 2 rings (SSSR count). The number of rotatable bonds is 5. The van der Waals surface area contributed by atoms with Crippen LogP contribution in [0.5, 0.6) is 0 Å². The molecule has 2 heterocycles. The third-order valence-electron chi connectivity index (χ3n) is 4.52. The lowest BCUT2D eigenvalue weighted by Gasteiger charge is -2.24. The summed E-state index contributed by atoms with van der Waals surface area (Å²) >= 11 is 0. The van der Waals surface area contributed by atoms with E-state index in [4.69, 9.17) is 0 Å². The molecule has 2 N–H and O–H groups in total. The summed E-state index contributed by atoms with van der Waals surface area (Å²) in [4.78, 5) is 6.71. The van der Waals surface area contributed by atoms with E-state index in [0.717, 1.165) is 25.5 Å². The molecular weight excluding hydrogens is 415 g/mol. The number of hydrogen-bond donors (Lipinski definition) is 2. The molecule has 0 radical (unpaired) electrons. The average molecular weight is 444 g/mol. The van der Waals surface area contributed by atoms with E-state index >= 15 is 0 Å². The second-order valence-corrected chi connectivity index (χ2v) is 8.26. The van der Waals surface area contributed by atoms with Crippen molar-refractivity contribution in [1.29, 1.82) is 0 Å². The van der Waals surface area contributed by atoms with E-state index in [1.54, 1.807) is 7.05 Å². The SMILES string of the molecule is CCN1CCCC1CNC(=NC)NCC1CCS(=O)(=O)C1.I. The zero-order valence-corrected chi connectivity index (χ0v) is 16.7. The molecule has 0 aromatic rings. The van der Waals surface area contributed by atoms with Gasteiger partial charge in [0.25, 0.3) is 0 Å². The molecule has 2 unspecified atom stereocenters. The Bertz CT molecular complexity index is 469. The Morgan fingerprint density at radius 3 is 2.59 bits per heavy atom. The van der Waals surface area contributed by atoms with Crippen LogP contribution < -0.4 is 10.6 Å². The maximum absolute atomic E-state index is 11.4. The van der Waals surface area contributed by atoms with E-state index in [2.05, 4.69) is 27.4 Å². The average Bonchev–Trinajstić information content (AvgIpc) is 3.05. The largest absolute Gasteiger partial charge is 0.356 e. The Kier molecular flexibility index (Phi) is 8.40. The number of nitrogens with one attached hydrogen (secondary N) is 2. The summed E-state index contributed by atoms with van der Waals surface area (Å²) in [5.74, 6) is 1.64. The predicted octanol–water partition coefficient (Wildman–Crippen LogP) is 0.688. The summed E-state index contributed by atoms with van der Waals surface area (Å²) < 4.78 is 22.9. The van der Waals surface area contributed by atoms with Crippen molar-refractivity contribution in [2.24, 2.45) is 10.9 Å². The van der Waals surface area contributed by atoms with Crippen LogP contribution in [0.1, 0.15) is 26.2 Å². The van der Waals surface area contributed by atoms with Gasteiger partial charge in [0.2, 0.25) is 0 Å². The summed E-state index contributed by atoms with van der Waals surface area (Å²) in [5.41, 5.74) is 0. The monoisotopic (exact) mass is 444 g/mol. The fourth-order valence-electron chi connectivity index (χ4n) is 3.25. The first-order valence-electron chi connectivity index (χ1n) is 7.93. The molecule has 6 nitrogen and oxygen atoms in total. The minimum absolute atomic E-state index is 0. The van der Waals surface area contributed by atoms with Crippen LogP contribution in [0, 0.1) is 5.92 Å². The van der Waals surface area contributed by atoms with Gasteiger partial charge in [-0.25, -0.2) is 8.42 Å². The Morgan fingerprint density at radius 1 is 1.27 bits per heavy atom. The molecule has 2 saturated heterocycles. The van der Waals surface area contributed by atoms with Crippen LogP contribution in [0.4, 0.5) is 0 Å². The van der Waals surface area contributed by atoms with Gasteiger partial charge in [-0.2, -0.15) is 0 Å². The summed E-state index contributed by atoms with van der Waals surface area (Å²) in [7, 11) is -1.04. The molecule has 8 heteroatoms. The standard InChI is InChI=1S/C14H28N4O2S.HI/c1-3-18-7-4-5-13(18)10-17-14(15-2)16-9-12-6-8-21(19,20)11-12;/h12-13H,3-11H2,1-2H3,(H2,15,16,17);1H. The summed E-state index contributed by atoms with van der Waals surface area (Å²) in [6.45, 7) is 6.07. The number of aliphatic imine (C=N–C) groups is 1. The molecule has 2 atom stereocenters. The molecule has 130 valence electrons. The van der Waals surface area contributed by atoms with Crippen molar-refractivity contribution in [2.75, 3.05) is 44.7 Å². The Labute approximate surface area is 151 Å². The number of halogens is 1. The van der Waals surface area contributed by atoms with E-state index in [1.807, 2.05) is 0 Å². The molecule has 0 bridgehead atoms. The van der Waals surface area contributed by atoms with Crippen molar-refractivity contribution in [2.45, 2.75) is 32.2 Å². The Balaban J connectivity index is 0.00000242. The van der Waals surface area contributed by atoms with Crippen molar-refractivity contribution in [3.63, 3.8) is 0 Å². The smallest absolute Gasteiger partial charge is 0.191 e. The highest BCUT2D eigenvalue weighted by molar-refractivity contribution is 14.0. The van der Waals surface area contributed by atoms with Gasteiger partial charge in [-0.15, -0.1) is 24.0 Å². The van der Waals surface area contributed by atoms with Gasteiger partial charge in [0.1, 0.15) is 0 Å². The van der Waals surface area contributed by atoms with Crippen LogP contribution >= 0.6 is 24.0 Å². The third kappa shape index (κ3) is 5.84. The van der Waals surface area contributed by atoms with Crippen LogP contribution in [-0.2, 0) is 9.84 Å². The molecule has 0 amide bonds. The molecule has 22 heavy (non-hydrogen) atoms. The second-order valence-electron chi connectivity index (χ2n) is 6.03. The van der Waals surface area contributed by atoms with Gasteiger partial charge in [0.15, 0.2) is 15.8 Å². The van der Waals surface area contributed by atoms with Crippen molar-refractivity contribution < 1.29 is 8.42 Å². The molecule has 0 aromatic heterocycles. The van der Waals surface area contributed by atoms with E-state index in [1.165, 1.54) is 19.4 Å². The van der Waals surface area contributed by atoms with Crippen LogP contribution in [0.3, 0.4) is 0 Å². The fourth-order valence-corrected chi connectivity index (χ4v) is 5.11. The van der Waals surface area contributed by atoms with E-state index in [9.17, 15) is 8.42 Å². The number of sulfone groups is 1. The zero-order chi connectivity index (χ0) is 15.3. The normalized spacial score (nSPS) is 28.4. The van der Waals surface area contributed by atoms with Gasteiger partial charge in [0, 0.05) is 26.2 Å². The predicted molar refractivity (Wildman–Crippen MR) is 102 cm³/mol. The Morgan fingerprint density at radius 2 is 2.00 bits per heavy atom. The molecule has 2 aliphatic rings. The van der Waals surface area contributed by atoms with E-state index in [-0.39, 0.29) is 29.9 Å². The van der Waals surface area contributed by atoms with Gasteiger partial charge in [-0.1, -0.05) is 6.92 Å². The highest BCUT2D eigenvalue weighted by atomic mass is 127. The van der Waals surface area contributed by atoms with E-state index in [0.29, 0.717) is 24.1 Å². The maximum atomic E-state index is 11.4. The first-order chi connectivity index (χ1) is 10.0. The topological polar surface area (TPSA) is 73.8 Å². The first kappa shape index (κ1) is 20.0. The van der Waals surface area contributed by atoms with Crippen LogP contribution in [0.25, 0.3) is 0 Å². The minimum atomic E-state index is -2.79. The molecule has 2 fully saturated rings. The molecule has 0 aromatic carbocycles. The van der Waals surface area contributed by atoms with Crippen LogP contribution in [0.15, 0.2) is 4.99 Å². The summed E-state index contributed by atoms with van der Waals surface area (Å²) in [6.07, 6.45) is 3.27. The number of nitrogens with zero attached hydrogens (tertiary/aromatic N) is 2. The van der Waals surface area contributed by atoms with Crippen LogP contribution in [0.2, 0.25) is 0 Å². The number of guanidine groups is 1. The van der Waals surface area contributed by atoms with Crippen molar-refractivity contribution in [1.82, 2.24) is 15.5 Å². The lowest BCUT2D eigenvalue weighted by molar-refractivity contribution is 0.267. The molecule has 2 aliphatic heterocycles. The van der Waals surface area contributed by atoms with E-state index < -0.39 is 9.84 Å². The van der Waals surface area contributed by atoms with Gasteiger partial charge in [-0.05, 0) is 38.3 Å². The van der Waals surface area contributed by atoms with Gasteiger partial charge >= 0.3 is 0 Å². The van der Waals surface area contributed by atoms with Crippen molar-refractivity contribution >= 4 is 39.8 Å². The fraction of sp³-hybridized carbons (Fsp3) is 0.929. The summed E-state index contributed by atoms with van der Waals surface area (Å²) in [6, 6.07) is 0.584.